The van der Waals surface area contributed by atoms with Gasteiger partial charge in [0.05, 0.1) is 0 Å². The van der Waals surface area contributed by atoms with Crippen molar-refractivity contribution in [1.82, 2.24) is 0 Å². The predicted octanol–water partition coefficient (Wildman–Crippen LogP) is 6.15. The molecule has 0 nitrogen and oxygen atoms in total. The third kappa shape index (κ3) is 3.95. The Morgan fingerprint density at radius 2 is 0.917 bits per heavy atom. The Balaban J connectivity index is 1.88. The molecule has 0 heterocycles. The van der Waals surface area contributed by atoms with Crippen molar-refractivity contribution in [3.8, 4) is 22.3 Å². The molecule has 0 fully saturated rings. The molecule has 24 heavy (non-hydrogen) atoms. The number of hydrogen-bond donors (Lipinski definition) is 0. The summed E-state index contributed by atoms with van der Waals surface area (Å²) in [7, 11) is 8.42. The monoisotopic (exact) mass is 368 g/mol. The largest absolute Gasteiger partial charge is 0.133 e. The summed E-state index contributed by atoms with van der Waals surface area (Å²) in [4.78, 5) is 0. The Labute approximate surface area is 152 Å². The molecule has 3 atom stereocenters. The highest BCUT2D eigenvalue weighted by Gasteiger charge is 2.04. The van der Waals surface area contributed by atoms with Crippen molar-refractivity contribution in [2.75, 3.05) is 0 Å². The maximum Gasteiger partial charge on any atom is -0.0125 e. The van der Waals surface area contributed by atoms with E-state index in [9.17, 15) is 0 Å². The van der Waals surface area contributed by atoms with Gasteiger partial charge in [0, 0.05) is 0 Å². The highest BCUT2D eigenvalue weighted by Crippen LogP contribution is 2.28. The molecule has 3 heteroatoms. The van der Waals surface area contributed by atoms with Gasteiger partial charge in [-0.2, -0.15) is 0 Å². The van der Waals surface area contributed by atoms with E-state index in [0.29, 0.717) is 0 Å². The minimum atomic E-state index is 0.998. The van der Waals surface area contributed by atoms with Crippen LogP contribution < -0.4 is 0 Å². The second-order valence-electron chi connectivity index (χ2n) is 5.87. The number of hydrogen-bond acceptors (Lipinski definition) is 0. The van der Waals surface area contributed by atoms with Gasteiger partial charge >= 0.3 is 0 Å². The van der Waals surface area contributed by atoms with Crippen LogP contribution in [0.15, 0.2) is 66.7 Å². The van der Waals surface area contributed by atoms with Crippen LogP contribution in [0.5, 0.6) is 0 Å². The molecule has 122 valence electrons. The zero-order valence-electron chi connectivity index (χ0n) is 13.7. The summed E-state index contributed by atoms with van der Waals surface area (Å²) < 4.78 is 0. The predicted molar refractivity (Wildman–Crippen MR) is 118 cm³/mol. The van der Waals surface area contributed by atoms with Crippen molar-refractivity contribution in [2.45, 2.75) is 18.5 Å². The second kappa shape index (κ2) is 8.36. The van der Waals surface area contributed by atoms with Gasteiger partial charge in [-0.05, 0) is 57.4 Å². The SMILES string of the molecule is PCc1ccc(-c2ccc(-c3ccc(CP)c(CP)c3)cc2)cc1. The second-order valence-corrected chi connectivity index (χ2v) is 7.09. The van der Waals surface area contributed by atoms with E-state index in [1.165, 1.54) is 38.9 Å². The fourth-order valence-electron chi connectivity index (χ4n) is 2.88. The summed E-state index contributed by atoms with van der Waals surface area (Å²) in [6.07, 6.45) is 3.01. The average Bonchev–Trinajstić information content (AvgIpc) is 2.67. The van der Waals surface area contributed by atoms with Crippen LogP contribution >= 0.6 is 27.7 Å². The van der Waals surface area contributed by atoms with Gasteiger partial charge < -0.3 is 0 Å². The van der Waals surface area contributed by atoms with Crippen LogP contribution in [0.4, 0.5) is 0 Å². The molecule has 0 saturated heterocycles. The lowest BCUT2D eigenvalue weighted by molar-refractivity contribution is 1.28. The van der Waals surface area contributed by atoms with E-state index in [1.54, 1.807) is 0 Å². The summed E-state index contributed by atoms with van der Waals surface area (Å²) in [5.74, 6) is 0. The molecule has 0 saturated carbocycles. The maximum atomic E-state index is 2.84. The Bertz CT molecular complexity index is 805. The van der Waals surface area contributed by atoms with Crippen LogP contribution in [-0.2, 0) is 18.5 Å². The maximum absolute atomic E-state index is 2.84. The molecule has 0 radical (unpaired) electrons. The zero-order chi connectivity index (χ0) is 16.9. The number of rotatable bonds is 5. The van der Waals surface area contributed by atoms with E-state index in [-0.39, 0.29) is 0 Å². The summed E-state index contributed by atoms with van der Waals surface area (Å²) >= 11 is 0. The Morgan fingerprint density at radius 1 is 0.458 bits per heavy atom. The summed E-state index contributed by atoms with van der Waals surface area (Å²) in [6, 6.07) is 24.5. The summed E-state index contributed by atoms with van der Waals surface area (Å²) in [5.41, 5.74) is 9.26. The fourth-order valence-corrected chi connectivity index (χ4v) is 3.93. The van der Waals surface area contributed by atoms with Gasteiger partial charge in [-0.25, -0.2) is 0 Å². The molecule has 0 aliphatic rings. The summed E-state index contributed by atoms with van der Waals surface area (Å²) in [5, 5.41) is 0. The van der Waals surface area contributed by atoms with E-state index in [4.69, 9.17) is 0 Å². The van der Waals surface area contributed by atoms with E-state index >= 15 is 0 Å². The van der Waals surface area contributed by atoms with Gasteiger partial charge in [0.15, 0.2) is 0 Å². The highest BCUT2D eigenvalue weighted by atomic mass is 31.0. The lowest BCUT2D eigenvalue weighted by Gasteiger charge is -2.10. The van der Waals surface area contributed by atoms with Crippen LogP contribution in [0.1, 0.15) is 16.7 Å². The van der Waals surface area contributed by atoms with Crippen molar-refractivity contribution in [1.29, 1.82) is 0 Å². The molecule has 0 bridgehead atoms. The Kier molecular flexibility index (Phi) is 6.19. The molecule has 0 aliphatic heterocycles. The average molecular weight is 368 g/mol. The molecular weight excluding hydrogens is 345 g/mol. The lowest BCUT2D eigenvalue weighted by Crippen LogP contribution is -1.89. The minimum absolute atomic E-state index is 0.998. The summed E-state index contributed by atoms with van der Waals surface area (Å²) in [6.45, 7) is 0. The minimum Gasteiger partial charge on any atom is -0.133 e. The zero-order valence-corrected chi connectivity index (χ0v) is 17.2. The van der Waals surface area contributed by atoms with Gasteiger partial charge in [0.25, 0.3) is 0 Å². The van der Waals surface area contributed by atoms with Gasteiger partial charge in [-0.3, -0.25) is 0 Å². The first kappa shape index (κ1) is 17.8. The first-order chi connectivity index (χ1) is 11.7. The third-order valence-corrected chi connectivity index (χ3v) is 5.74. The van der Waals surface area contributed by atoms with Gasteiger partial charge in [0.2, 0.25) is 0 Å². The number of benzene rings is 3. The molecule has 3 aromatic rings. The first-order valence-electron chi connectivity index (χ1n) is 8.17. The van der Waals surface area contributed by atoms with Crippen molar-refractivity contribution in [3.63, 3.8) is 0 Å². The molecule has 0 aliphatic carbocycles. The van der Waals surface area contributed by atoms with Crippen LogP contribution in [0.3, 0.4) is 0 Å². The van der Waals surface area contributed by atoms with Crippen molar-refractivity contribution in [3.05, 3.63) is 83.4 Å². The lowest BCUT2D eigenvalue weighted by atomic mass is 9.97. The topological polar surface area (TPSA) is 0 Å². The van der Waals surface area contributed by atoms with Crippen LogP contribution in [0.2, 0.25) is 0 Å². The molecule has 0 N–H and O–H groups in total. The quantitative estimate of drug-likeness (QED) is 0.474. The molecule has 0 amide bonds. The normalized spacial score (nSPS) is 10.8. The first-order valence-corrected chi connectivity index (χ1v) is 10.6. The van der Waals surface area contributed by atoms with E-state index in [0.717, 1.165) is 18.5 Å². The highest BCUT2D eigenvalue weighted by molar-refractivity contribution is 7.16. The molecule has 0 aromatic heterocycles. The Hall–Kier alpha value is -1.05. The van der Waals surface area contributed by atoms with E-state index in [2.05, 4.69) is 94.4 Å². The fraction of sp³-hybridized carbons (Fsp3) is 0.143. The van der Waals surface area contributed by atoms with Crippen LogP contribution in [0, 0.1) is 0 Å². The van der Waals surface area contributed by atoms with Crippen molar-refractivity contribution in [2.24, 2.45) is 0 Å². The van der Waals surface area contributed by atoms with Gasteiger partial charge in [-0.15, -0.1) is 27.7 Å². The van der Waals surface area contributed by atoms with Crippen LogP contribution in [-0.4, -0.2) is 0 Å². The van der Waals surface area contributed by atoms with E-state index < -0.39 is 0 Å². The van der Waals surface area contributed by atoms with Crippen LogP contribution in [0.25, 0.3) is 22.3 Å². The van der Waals surface area contributed by atoms with Crippen molar-refractivity contribution < 1.29 is 0 Å². The molecular formula is C21H23P3. The molecule has 3 rings (SSSR count). The Morgan fingerprint density at radius 3 is 1.42 bits per heavy atom. The molecule has 3 unspecified atom stereocenters. The van der Waals surface area contributed by atoms with Crippen molar-refractivity contribution >= 4 is 27.7 Å². The van der Waals surface area contributed by atoms with E-state index in [1.807, 2.05) is 0 Å². The third-order valence-electron chi connectivity index (χ3n) is 4.39. The standard InChI is InChI=1S/C21H23P3/c22-12-15-1-3-16(4-2-15)17-5-7-18(8-6-17)19-9-10-20(13-23)21(11-19)14-24/h1-11H,12-14,22-24H2. The molecule has 0 spiro atoms. The molecule has 3 aromatic carbocycles. The van der Waals surface area contributed by atoms with Gasteiger partial charge in [-0.1, -0.05) is 66.7 Å². The van der Waals surface area contributed by atoms with Gasteiger partial charge in [0.1, 0.15) is 0 Å². The smallest absolute Gasteiger partial charge is 0.0125 e.